The number of aryl methyl sites for hydroxylation is 2. The first-order valence-electron chi connectivity index (χ1n) is 8.45. The van der Waals surface area contributed by atoms with Gasteiger partial charge in [-0.1, -0.05) is 44.5 Å². The summed E-state index contributed by atoms with van der Waals surface area (Å²) >= 11 is 0. The van der Waals surface area contributed by atoms with Crippen molar-refractivity contribution in [2.45, 2.75) is 46.0 Å². The second kappa shape index (κ2) is 8.72. The molecule has 0 saturated carbocycles. The van der Waals surface area contributed by atoms with E-state index >= 15 is 0 Å². The topological polar surface area (TPSA) is 0 Å². The summed E-state index contributed by atoms with van der Waals surface area (Å²) in [5.74, 6) is -1.09. The van der Waals surface area contributed by atoms with Crippen molar-refractivity contribution in [3.05, 3.63) is 76.1 Å². The van der Waals surface area contributed by atoms with Crippen LogP contribution in [-0.4, -0.2) is 0 Å². The lowest BCUT2D eigenvalue weighted by Gasteiger charge is -2.08. The predicted octanol–water partition coefficient (Wildman–Crippen LogP) is 6.42. The van der Waals surface area contributed by atoms with Crippen molar-refractivity contribution in [1.82, 2.24) is 0 Å². The van der Waals surface area contributed by atoms with Gasteiger partial charge >= 0.3 is 0 Å². The molecule has 0 aliphatic carbocycles. The maximum atomic E-state index is 14.0. The molecule has 0 bridgehead atoms. The first-order valence-corrected chi connectivity index (χ1v) is 8.45. The minimum atomic E-state index is -0.464. The van der Waals surface area contributed by atoms with Crippen molar-refractivity contribution in [3.8, 4) is 0 Å². The van der Waals surface area contributed by atoms with Crippen LogP contribution < -0.4 is 0 Å². The lowest BCUT2D eigenvalue weighted by atomic mass is 9.99. The van der Waals surface area contributed by atoms with E-state index in [0.29, 0.717) is 37.7 Å². The van der Waals surface area contributed by atoms with Gasteiger partial charge in [-0.05, 0) is 60.6 Å². The van der Waals surface area contributed by atoms with Gasteiger partial charge in [-0.15, -0.1) is 0 Å². The average molecular weight is 332 g/mol. The third-order valence-corrected chi connectivity index (χ3v) is 4.02. The van der Waals surface area contributed by atoms with Gasteiger partial charge in [0.05, 0.1) is 0 Å². The third kappa shape index (κ3) is 4.98. The Hall–Kier alpha value is -2.03. The quantitative estimate of drug-likeness (QED) is 0.548. The Morgan fingerprint density at radius 2 is 1.58 bits per heavy atom. The van der Waals surface area contributed by atoms with Crippen LogP contribution in [0, 0.1) is 11.6 Å². The van der Waals surface area contributed by atoms with Gasteiger partial charge in [0.2, 0.25) is 0 Å². The van der Waals surface area contributed by atoms with Gasteiger partial charge in [0.15, 0.2) is 0 Å². The number of benzene rings is 2. The monoisotopic (exact) mass is 332 g/mol. The molecule has 0 aliphatic heterocycles. The van der Waals surface area contributed by atoms with Gasteiger partial charge < -0.3 is 0 Å². The lowest BCUT2D eigenvalue weighted by Crippen LogP contribution is -2.00. The third-order valence-electron chi connectivity index (χ3n) is 4.02. The second-order valence-corrected chi connectivity index (χ2v) is 5.98. The Balaban J connectivity index is 2.10. The highest BCUT2D eigenvalue weighted by Crippen LogP contribution is 2.19. The van der Waals surface area contributed by atoms with E-state index in [-0.39, 0.29) is 11.4 Å². The zero-order chi connectivity index (χ0) is 17.5. The summed E-state index contributed by atoms with van der Waals surface area (Å²) in [5, 5.41) is 0. The minimum absolute atomic E-state index is 0.164. The standard InChI is InChI=1S/C21H23F3/c1-3-6-19-20(23)13-17(14-21(19)24)10-9-15-7-5-8-16(11-15)12-18(22)4-2/h5,7-8,11-14H,3-4,6,9-10H2,1-2H3/b18-12+. The normalized spacial score (nSPS) is 11.8. The molecule has 0 aromatic heterocycles. The molecule has 2 aromatic rings. The van der Waals surface area contributed by atoms with E-state index in [9.17, 15) is 13.2 Å². The largest absolute Gasteiger partial charge is 0.212 e. The highest BCUT2D eigenvalue weighted by molar-refractivity contribution is 5.52. The van der Waals surface area contributed by atoms with E-state index in [1.54, 1.807) is 6.92 Å². The average Bonchev–Trinajstić information content (AvgIpc) is 2.56. The minimum Gasteiger partial charge on any atom is -0.212 e. The number of hydrogen-bond acceptors (Lipinski definition) is 0. The van der Waals surface area contributed by atoms with Crippen LogP contribution in [0.15, 0.2) is 42.2 Å². The molecule has 0 radical (unpaired) electrons. The Morgan fingerprint density at radius 1 is 0.917 bits per heavy atom. The van der Waals surface area contributed by atoms with Crippen LogP contribution in [0.4, 0.5) is 13.2 Å². The summed E-state index contributed by atoms with van der Waals surface area (Å²) < 4.78 is 41.3. The number of halogens is 3. The Kier molecular flexibility index (Phi) is 6.65. The molecule has 0 nitrogen and oxygen atoms in total. The predicted molar refractivity (Wildman–Crippen MR) is 93.6 cm³/mol. The van der Waals surface area contributed by atoms with Gasteiger partial charge in [0.1, 0.15) is 17.5 Å². The van der Waals surface area contributed by atoms with E-state index in [2.05, 4.69) is 0 Å². The number of allylic oxidation sites excluding steroid dienone is 1. The zero-order valence-corrected chi connectivity index (χ0v) is 14.2. The summed E-state index contributed by atoms with van der Waals surface area (Å²) in [4.78, 5) is 0. The van der Waals surface area contributed by atoms with Crippen molar-refractivity contribution < 1.29 is 13.2 Å². The first-order chi connectivity index (χ1) is 11.5. The van der Waals surface area contributed by atoms with Gasteiger partial charge in [-0.25, -0.2) is 13.2 Å². The molecule has 128 valence electrons. The summed E-state index contributed by atoms with van der Waals surface area (Å²) in [6, 6.07) is 10.4. The molecular formula is C21H23F3. The van der Waals surface area contributed by atoms with E-state index in [0.717, 1.165) is 11.1 Å². The second-order valence-electron chi connectivity index (χ2n) is 5.98. The van der Waals surface area contributed by atoms with Crippen LogP contribution in [0.2, 0.25) is 0 Å². The highest BCUT2D eigenvalue weighted by atomic mass is 19.1. The van der Waals surface area contributed by atoms with Crippen LogP contribution >= 0.6 is 0 Å². The van der Waals surface area contributed by atoms with E-state index < -0.39 is 11.6 Å². The Labute approximate surface area is 142 Å². The molecule has 2 rings (SSSR count). The summed E-state index contributed by atoms with van der Waals surface area (Å²) in [6.07, 6.45) is 4.21. The summed E-state index contributed by atoms with van der Waals surface area (Å²) in [5.41, 5.74) is 2.64. The molecule has 0 amide bonds. The van der Waals surface area contributed by atoms with E-state index in [1.165, 1.54) is 18.2 Å². The fourth-order valence-electron chi connectivity index (χ4n) is 2.70. The number of rotatable bonds is 7. The zero-order valence-electron chi connectivity index (χ0n) is 14.2. The molecule has 0 saturated heterocycles. The van der Waals surface area contributed by atoms with Crippen LogP contribution in [-0.2, 0) is 19.3 Å². The van der Waals surface area contributed by atoms with E-state index in [4.69, 9.17) is 0 Å². The maximum Gasteiger partial charge on any atom is 0.129 e. The molecule has 0 aliphatic rings. The molecule has 2 aromatic carbocycles. The molecular weight excluding hydrogens is 309 g/mol. The van der Waals surface area contributed by atoms with Gasteiger partial charge in [-0.2, -0.15) is 0 Å². The Bertz CT molecular complexity index is 694. The van der Waals surface area contributed by atoms with Crippen molar-refractivity contribution in [3.63, 3.8) is 0 Å². The van der Waals surface area contributed by atoms with Crippen molar-refractivity contribution in [2.75, 3.05) is 0 Å². The smallest absolute Gasteiger partial charge is 0.129 e. The molecule has 3 heteroatoms. The molecule has 0 atom stereocenters. The van der Waals surface area contributed by atoms with Crippen molar-refractivity contribution in [2.24, 2.45) is 0 Å². The fraction of sp³-hybridized carbons (Fsp3) is 0.333. The van der Waals surface area contributed by atoms with E-state index in [1.807, 2.05) is 31.2 Å². The van der Waals surface area contributed by atoms with Gasteiger partial charge in [0.25, 0.3) is 0 Å². The van der Waals surface area contributed by atoms with Crippen LogP contribution in [0.1, 0.15) is 48.9 Å². The Morgan fingerprint density at radius 3 is 2.21 bits per heavy atom. The summed E-state index contributed by atoms with van der Waals surface area (Å²) in [6.45, 7) is 3.66. The molecule has 0 fully saturated rings. The van der Waals surface area contributed by atoms with Crippen molar-refractivity contribution in [1.29, 1.82) is 0 Å². The SMILES string of the molecule is CCCc1c(F)cc(CCc2cccc(/C=C(/F)CC)c2)cc1F. The fourth-order valence-corrected chi connectivity index (χ4v) is 2.70. The van der Waals surface area contributed by atoms with Gasteiger partial charge in [-0.3, -0.25) is 0 Å². The molecule has 0 N–H and O–H groups in total. The molecule has 24 heavy (non-hydrogen) atoms. The lowest BCUT2D eigenvalue weighted by molar-refractivity contribution is 0.549. The molecule has 0 heterocycles. The van der Waals surface area contributed by atoms with Crippen LogP contribution in [0.3, 0.4) is 0 Å². The highest BCUT2D eigenvalue weighted by Gasteiger charge is 2.10. The molecule has 0 spiro atoms. The number of hydrogen-bond donors (Lipinski definition) is 0. The molecule has 0 unspecified atom stereocenters. The first kappa shape index (κ1) is 18.3. The van der Waals surface area contributed by atoms with Crippen molar-refractivity contribution >= 4 is 6.08 Å². The van der Waals surface area contributed by atoms with Gasteiger partial charge in [0, 0.05) is 5.56 Å². The van der Waals surface area contributed by atoms with Crippen LogP contribution in [0.5, 0.6) is 0 Å². The van der Waals surface area contributed by atoms with Crippen LogP contribution in [0.25, 0.3) is 6.08 Å². The summed E-state index contributed by atoms with van der Waals surface area (Å²) in [7, 11) is 0. The maximum absolute atomic E-state index is 14.0.